The van der Waals surface area contributed by atoms with Crippen molar-refractivity contribution >= 4 is 0 Å². The number of ether oxygens (including phenoxy) is 1. The summed E-state index contributed by atoms with van der Waals surface area (Å²) in [6, 6.07) is 0. The van der Waals surface area contributed by atoms with Gasteiger partial charge in [-0.2, -0.15) is 39.5 Å². The molecule has 0 heterocycles. The fraction of sp³-hybridized carbons (Fsp3) is 1.00. The minimum absolute atomic E-state index is 0.636. The largest absolute Gasteiger partial charge is 0.460 e. The monoisotopic (exact) mass is 386 g/mol. The van der Waals surface area contributed by atoms with Crippen LogP contribution in [0.3, 0.4) is 0 Å². The summed E-state index contributed by atoms with van der Waals surface area (Å²) in [6.45, 7) is 0.990. The molecule has 1 saturated carbocycles. The molecule has 0 saturated heterocycles. The molecule has 24 heavy (non-hydrogen) atoms. The van der Waals surface area contributed by atoms with Crippen LogP contribution >= 0.6 is 0 Å². The van der Waals surface area contributed by atoms with Crippen LogP contribution in [0.25, 0.3) is 0 Å². The minimum atomic E-state index is -7.35. The Labute approximate surface area is 126 Å². The average molecular weight is 386 g/mol. The van der Waals surface area contributed by atoms with Crippen LogP contribution in [0.5, 0.6) is 0 Å². The highest BCUT2D eigenvalue weighted by Gasteiger charge is 2.85. The summed E-state index contributed by atoms with van der Waals surface area (Å²) in [5, 5.41) is 0. The van der Waals surface area contributed by atoms with Gasteiger partial charge in [-0.15, -0.1) is 0 Å². The lowest BCUT2D eigenvalue weighted by Gasteiger charge is -2.39. The van der Waals surface area contributed by atoms with E-state index in [1.165, 1.54) is 0 Å². The third-order valence-corrected chi connectivity index (χ3v) is 3.72. The van der Waals surface area contributed by atoms with E-state index in [1.54, 1.807) is 0 Å². The molecule has 144 valence electrons. The second kappa shape index (κ2) is 5.56. The van der Waals surface area contributed by atoms with Crippen molar-refractivity contribution in [3.8, 4) is 0 Å². The first-order valence-corrected chi connectivity index (χ1v) is 6.34. The highest BCUT2D eigenvalue weighted by Crippen LogP contribution is 2.59. The lowest BCUT2D eigenvalue weighted by Crippen LogP contribution is -2.64. The highest BCUT2D eigenvalue weighted by atomic mass is 19.4. The molecule has 1 fully saturated rings. The molecule has 1 rings (SSSR count). The van der Waals surface area contributed by atoms with E-state index in [0.29, 0.717) is 0 Å². The van der Waals surface area contributed by atoms with Crippen molar-refractivity contribution in [2.24, 2.45) is 5.92 Å². The SMILES string of the molecule is CCC1CCC(F)(F)C1(F)OC(F)(F)C(F)(F)C(F)(F)C(F)(F)F. The zero-order chi connectivity index (χ0) is 19.4. The Morgan fingerprint density at radius 2 is 1.33 bits per heavy atom. The normalized spacial score (nSPS) is 29.1. The highest BCUT2D eigenvalue weighted by molar-refractivity contribution is 5.03. The van der Waals surface area contributed by atoms with Gasteiger partial charge in [0.25, 0.3) is 5.85 Å². The Morgan fingerprint density at radius 3 is 1.71 bits per heavy atom. The quantitative estimate of drug-likeness (QED) is 0.563. The molecule has 0 aromatic rings. The smallest absolute Gasteiger partial charge is 0.272 e. The summed E-state index contributed by atoms with van der Waals surface area (Å²) in [5.41, 5.74) is 0. The Balaban J connectivity index is 3.29. The van der Waals surface area contributed by atoms with Gasteiger partial charge in [0.15, 0.2) is 0 Å². The molecule has 0 aromatic heterocycles. The van der Waals surface area contributed by atoms with Crippen molar-refractivity contribution in [1.82, 2.24) is 0 Å². The zero-order valence-electron chi connectivity index (χ0n) is 11.6. The van der Waals surface area contributed by atoms with Crippen molar-refractivity contribution in [3.63, 3.8) is 0 Å². The van der Waals surface area contributed by atoms with E-state index in [-0.39, 0.29) is 0 Å². The first kappa shape index (κ1) is 21.2. The van der Waals surface area contributed by atoms with Crippen molar-refractivity contribution in [3.05, 3.63) is 0 Å². The van der Waals surface area contributed by atoms with Crippen LogP contribution < -0.4 is 0 Å². The summed E-state index contributed by atoms with van der Waals surface area (Å²) >= 11 is 0. The molecule has 2 atom stereocenters. The van der Waals surface area contributed by atoms with Crippen molar-refractivity contribution < 1.29 is 57.4 Å². The van der Waals surface area contributed by atoms with E-state index in [2.05, 4.69) is 4.74 Å². The first-order chi connectivity index (χ1) is 10.4. The summed E-state index contributed by atoms with van der Waals surface area (Å²) in [4.78, 5) is 0. The maximum absolute atomic E-state index is 14.2. The van der Waals surface area contributed by atoms with E-state index in [1.807, 2.05) is 0 Å². The van der Waals surface area contributed by atoms with Gasteiger partial charge in [0.2, 0.25) is 0 Å². The standard InChI is InChI=1S/C11H10F12O/c1-2-5-3-4-6(12,13)7(5,14)24-11(22,23)9(17,18)8(15,16)10(19,20)21/h5H,2-4H2,1H3. The van der Waals surface area contributed by atoms with Crippen LogP contribution in [0.2, 0.25) is 0 Å². The fourth-order valence-corrected chi connectivity index (χ4v) is 2.25. The maximum Gasteiger partial charge on any atom is 0.460 e. The number of rotatable bonds is 5. The van der Waals surface area contributed by atoms with Gasteiger partial charge in [-0.05, 0) is 12.8 Å². The molecule has 0 amide bonds. The number of hydrogen-bond donors (Lipinski definition) is 0. The molecular weight excluding hydrogens is 376 g/mol. The molecule has 1 aliphatic carbocycles. The van der Waals surface area contributed by atoms with E-state index < -0.39 is 61.1 Å². The Morgan fingerprint density at radius 1 is 0.875 bits per heavy atom. The average Bonchev–Trinajstić information content (AvgIpc) is 2.57. The zero-order valence-corrected chi connectivity index (χ0v) is 11.6. The predicted molar refractivity (Wildman–Crippen MR) is 53.8 cm³/mol. The third kappa shape index (κ3) is 2.81. The molecule has 0 N–H and O–H groups in total. The number of alkyl halides is 12. The van der Waals surface area contributed by atoms with Gasteiger partial charge in [0.1, 0.15) is 0 Å². The number of hydrogen-bond acceptors (Lipinski definition) is 1. The topological polar surface area (TPSA) is 9.23 Å². The molecule has 1 nitrogen and oxygen atoms in total. The van der Waals surface area contributed by atoms with Crippen molar-refractivity contribution in [2.45, 2.75) is 62.1 Å². The van der Waals surface area contributed by atoms with Gasteiger partial charge in [-0.3, -0.25) is 4.74 Å². The van der Waals surface area contributed by atoms with Crippen LogP contribution in [-0.2, 0) is 4.74 Å². The van der Waals surface area contributed by atoms with Crippen LogP contribution in [-0.4, -0.2) is 35.9 Å². The molecule has 0 bridgehead atoms. The second-order valence-electron chi connectivity index (χ2n) is 5.26. The Kier molecular flexibility index (Phi) is 4.90. The van der Waals surface area contributed by atoms with Crippen LogP contribution in [0.15, 0.2) is 0 Å². The van der Waals surface area contributed by atoms with E-state index in [0.717, 1.165) is 6.92 Å². The van der Waals surface area contributed by atoms with E-state index >= 15 is 0 Å². The Hall–Kier alpha value is -0.880. The summed E-state index contributed by atoms with van der Waals surface area (Å²) < 4.78 is 157. The van der Waals surface area contributed by atoms with Crippen molar-refractivity contribution in [1.29, 1.82) is 0 Å². The third-order valence-electron chi connectivity index (χ3n) is 3.72. The predicted octanol–water partition coefficient (Wildman–Crippen LogP) is 5.55. The van der Waals surface area contributed by atoms with E-state index in [9.17, 15) is 52.7 Å². The fourth-order valence-electron chi connectivity index (χ4n) is 2.25. The molecule has 0 aliphatic heterocycles. The molecular formula is C11H10F12O. The summed E-state index contributed by atoms with van der Waals surface area (Å²) in [5.74, 6) is -26.4. The molecule has 0 spiro atoms. The van der Waals surface area contributed by atoms with Crippen LogP contribution in [0.4, 0.5) is 52.7 Å². The Bertz CT molecular complexity index is 470. The maximum atomic E-state index is 14.2. The van der Waals surface area contributed by atoms with Crippen LogP contribution in [0.1, 0.15) is 26.2 Å². The second-order valence-corrected chi connectivity index (χ2v) is 5.26. The van der Waals surface area contributed by atoms with E-state index in [4.69, 9.17) is 0 Å². The molecule has 1 aliphatic rings. The molecule has 2 unspecified atom stereocenters. The molecule has 0 aromatic carbocycles. The summed E-state index contributed by atoms with van der Waals surface area (Å²) in [7, 11) is 0. The van der Waals surface area contributed by atoms with Crippen LogP contribution in [0, 0.1) is 5.92 Å². The van der Waals surface area contributed by atoms with Crippen molar-refractivity contribution in [2.75, 3.05) is 0 Å². The minimum Gasteiger partial charge on any atom is -0.272 e. The molecule has 13 heteroatoms. The van der Waals surface area contributed by atoms with Gasteiger partial charge < -0.3 is 0 Å². The van der Waals surface area contributed by atoms with Gasteiger partial charge in [-0.25, -0.2) is 13.2 Å². The van der Waals surface area contributed by atoms with Gasteiger partial charge in [0, 0.05) is 12.3 Å². The summed E-state index contributed by atoms with van der Waals surface area (Å²) in [6.07, 6.45) is -16.9. The van der Waals surface area contributed by atoms with Gasteiger partial charge >= 0.3 is 30.1 Å². The first-order valence-electron chi connectivity index (χ1n) is 6.34. The number of halogens is 12. The molecule has 0 radical (unpaired) electrons. The lowest BCUT2D eigenvalue weighted by molar-refractivity contribution is -0.483. The van der Waals surface area contributed by atoms with Gasteiger partial charge in [-0.1, -0.05) is 6.92 Å². The van der Waals surface area contributed by atoms with Gasteiger partial charge in [0.05, 0.1) is 0 Å². The lowest BCUT2D eigenvalue weighted by atomic mass is 9.99.